The lowest BCUT2D eigenvalue weighted by molar-refractivity contribution is -0.109. The third-order valence-electron chi connectivity index (χ3n) is 5.62. The number of methoxy groups -OCH3 is 2. The Morgan fingerprint density at radius 1 is 0.903 bits per heavy atom. The van der Waals surface area contributed by atoms with Crippen LogP contribution in [0.4, 0.5) is 4.79 Å². The fraction of sp³-hybridized carbons (Fsp3) is 0.240. The van der Waals surface area contributed by atoms with Crippen LogP contribution in [0.3, 0.4) is 0 Å². The summed E-state index contributed by atoms with van der Waals surface area (Å²) in [6, 6.07) is 24.0. The number of benzene rings is 3. The lowest BCUT2D eigenvalue weighted by Crippen LogP contribution is -2.46. The number of ether oxygens (including phenoxy) is 3. The first-order valence-electron chi connectivity index (χ1n) is 10.1. The molecule has 160 valence electrons. The Balaban J connectivity index is 1.72. The Morgan fingerprint density at radius 2 is 1.48 bits per heavy atom. The van der Waals surface area contributed by atoms with Crippen LogP contribution in [0.2, 0.25) is 0 Å². The minimum atomic E-state index is -1.67. The van der Waals surface area contributed by atoms with Gasteiger partial charge in [0.1, 0.15) is 11.5 Å². The Bertz CT molecular complexity index is 1020. The standard InChI is InChI=1S/C25H25NO5/c1-29-21-12-8-19(9-13-21)23-25(28,20-10-14-22(30-2)15-11-20)26(24(27)31-23)17-16-18-6-4-3-5-7-18/h3-15,23,28H,16-17H2,1-2H3/t23-,25-/m0/s1. The fourth-order valence-corrected chi connectivity index (χ4v) is 3.90. The van der Waals surface area contributed by atoms with Crippen molar-refractivity contribution in [3.8, 4) is 11.5 Å². The highest BCUT2D eigenvalue weighted by Gasteiger charge is 2.55. The molecule has 31 heavy (non-hydrogen) atoms. The van der Waals surface area contributed by atoms with E-state index in [1.807, 2.05) is 30.3 Å². The normalized spacial score (nSPS) is 20.4. The monoisotopic (exact) mass is 419 g/mol. The molecular formula is C25H25NO5. The second kappa shape index (κ2) is 8.70. The van der Waals surface area contributed by atoms with Crippen LogP contribution < -0.4 is 9.47 Å². The van der Waals surface area contributed by atoms with Gasteiger partial charge in [0.2, 0.25) is 5.72 Å². The van der Waals surface area contributed by atoms with Crippen molar-refractivity contribution in [1.82, 2.24) is 4.90 Å². The Hall–Kier alpha value is -3.51. The summed E-state index contributed by atoms with van der Waals surface area (Å²) in [6.07, 6.45) is -0.867. The van der Waals surface area contributed by atoms with E-state index in [9.17, 15) is 9.90 Å². The molecule has 1 heterocycles. The van der Waals surface area contributed by atoms with E-state index in [-0.39, 0.29) is 0 Å². The Morgan fingerprint density at radius 3 is 2.06 bits per heavy atom. The first-order valence-corrected chi connectivity index (χ1v) is 10.1. The van der Waals surface area contributed by atoms with Crippen LogP contribution in [0.1, 0.15) is 22.8 Å². The largest absolute Gasteiger partial charge is 0.497 e. The van der Waals surface area contributed by atoms with Crippen LogP contribution in [0.15, 0.2) is 78.9 Å². The molecule has 0 bridgehead atoms. The molecule has 0 radical (unpaired) electrons. The zero-order valence-corrected chi connectivity index (χ0v) is 17.5. The molecule has 0 aliphatic carbocycles. The van der Waals surface area contributed by atoms with Gasteiger partial charge in [0, 0.05) is 12.1 Å². The SMILES string of the molecule is COc1ccc([C@@H]2OC(=O)N(CCc3ccccc3)[C@]2(O)c2ccc(OC)cc2)cc1. The van der Waals surface area contributed by atoms with E-state index in [1.165, 1.54) is 4.90 Å². The van der Waals surface area contributed by atoms with Gasteiger partial charge in [-0.05, 0) is 41.8 Å². The molecular weight excluding hydrogens is 394 g/mol. The quantitative estimate of drug-likeness (QED) is 0.619. The average molecular weight is 419 g/mol. The highest BCUT2D eigenvalue weighted by molar-refractivity contribution is 5.72. The van der Waals surface area contributed by atoms with Gasteiger partial charge in [-0.2, -0.15) is 0 Å². The molecule has 1 amide bonds. The van der Waals surface area contributed by atoms with Crippen LogP contribution in [0, 0.1) is 0 Å². The molecule has 1 saturated heterocycles. The summed E-state index contributed by atoms with van der Waals surface area (Å²) < 4.78 is 16.2. The number of aliphatic hydroxyl groups is 1. The number of amides is 1. The van der Waals surface area contributed by atoms with Crippen molar-refractivity contribution in [1.29, 1.82) is 0 Å². The molecule has 1 aliphatic rings. The van der Waals surface area contributed by atoms with E-state index in [2.05, 4.69) is 0 Å². The lowest BCUT2D eigenvalue weighted by atomic mass is 9.91. The molecule has 3 aromatic carbocycles. The summed E-state index contributed by atoms with van der Waals surface area (Å²) in [5, 5.41) is 12.0. The summed E-state index contributed by atoms with van der Waals surface area (Å²) >= 11 is 0. The van der Waals surface area contributed by atoms with E-state index in [0.717, 1.165) is 5.56 Å². The summed E-state index contributed by atoms with van der Waals surface area (Å²) in [6.45, 7) is 0.304. The Kier molecular flexibility index (Phi) is 5.82. The van der Waals surface area contributed by atoms with Crippen molar-refractivity contribution in [3.63, 3.8) is 0 Å². The number of rotatable bonds is 7. The second-order valence-electron chi connectivity index (χ2n) is 7.38. The van der Waals surface area contributed by atoms with E-state index < -0.39 is 17.9 Å². The Labute approximate surface area is 181 Å². The molecule has 6 heteroatoms. The predicted molar refractivity (Wildman–Crippen MR) is 116 cm³/mol. The van der Waals surface area contributed by atoms with Gasteiger partial charge in [0.15, 0.2) is 6.10 Å². The van der Waals surface area contributed by atoms with Crippen molar-refractivity contribution in [2.45, 2.75) is 18.2 Å². The van der Waals surface area contributed by atoms with Gasteiger partial charge in [0.05, 0.1) is 14.2 Å². The third-order valence-corrected chi connectivity index (χ3v) is 5.62. The molecule has 1 fully saturated rings. The predicted octanol–water partition coefficient (Wildman–Crippen LogP) is 4.29. The molecule has 6 nitrogen and oxygen atoms in total. The highest BCUT2D eigenvalue weighted by atomic mass is 16.6. The summed E-state index contributed by atoms with van der Waals surface area (Å²) in [5.74, 6) is 1.34. The van der Waals surface area contributed by atoms with Crippen LogP contribution in [-0.4, -0.2) is 36.9 Å². The molecule has 0 saturated carbocycles. The van der Waals surface area contributed by atoms with Gasteiger partial charge in [0.25, 0.3) is 0 Å². The van der Waals surface area contributed by atoms with Gasteiger partial charge in [-0.1, -0.05) is 54.6 Å². The van der Waals surface area contributed by atoms with E-state index in [0.29, 0.717) is 35.6 Å². The van der Waals surface area contributed by atoms with E-state index in [4.69, 9.17) is 14.2 Å². The smallest absolute Gasteiger partial charge is 0.413 e. The van der Waals surface area contributed by atoms with Gasteiger partial charge in [-0.3, -0.25) is 4.90 Å². The maximum Gasteiger partial charge on any atom is 0.413 e. The van der Waals surface area contributed by atoms with Crippen LogP contribution in [0.25, 0.3) is 0 Å². The van der Waals surface area contributed by atoms with E-state index >= 15 is 0 Å². The second-order valence-corrected chi connectivity index (χ2v) is 7.38. The molecule has 4 rings (SSSR count). The molecule has 1 aliphatic heterocycles. The first-order chi connectivity index (χ1) is 15.1. The minimum absolute atomic E-state index is 0.304. The molecule has 1 N–H and O–H groups in total. The number of cyclic esters (lactones) is 1. The summed E-state index contributed by atoms with van der Waals surface area (Å²) in [4.78, 5) is 14.3. The zero-order chi connectivity index (χ0) is 21.8. The molecule has 2 atom stereocenters. The maximum atomic E-state index is 12.9. The molecule has 0 spiro atoms. The van der Waals surface area contributed by atoms with Gasteiger partial charge < -0.3 is 19.3 Å². The highest BCUT2D eigenvalue weighted by Crippen LogP contribution is 2.47. The minimum Gasteiger partial charge on any atom is -0.497 e. The number of hydrogen-bond donors (Lipinski definition) is 1. The number of nitrogens with zero attached hydrogens (tertiary/aromatic N) is 1. The summed E-state index contributed by atoms with van der Waals surface area (Å²) in [7, 11) is 3.17. The number of carbonyl (C=O) groups is 1. The van der Waals surface area contributed by atoms with Crippen molar-refractivity contribution >= 4 is 6.09 Å². The maximum absolute atomic E-state index is 12.9. The fourth-order valence-electron chi connectivity index (χ4n) is 3.90. The topological polar surface area (TPSA) is 68.2 Å². The molecule has 0 unspecified atom stereocenters. The molecule has 3 aromatic rings. The van der Waals surface area contributed by atoms with Crippen molar-refractivity contribution in [2.24, 2.45) is 0 Å². The summed E-state index contributed by atoms with van der Waals surface area (Å²) in [5.41, 5.74) is 0.621. The zero-order valence-electron chi connectivity index (χ0n) is 17.5. The molecule has 0 aromatic heterocycles. The average Bonchev–Trinajstić information content (AvgIpc) is 3.09. The lowest BCUT2D eigenvalue weighted by Gasteiger charge is -2.35. The van der Waals surface area contributed by atoms with Crippen molar-refractivity contribution in [3.05, 3.63) is 95.6 Å². The van der Waals surface area contributed by atoms with Gasteiger partial charge in [-0.15, -0.1) is 0 Å². The first kappa shape index (κ1) is 20.8. The van der Waals surface area contributed by atoms with Crippen molar-refractivity contribution in [2.75, 3.05) is 20.8 Å². The van der Waals surface area contributed by atoms with Crippen LogP contribution in [-0.2, 0) is 16.9 Å². The third kappa shape index (κ3) is 3.94. The van der Waals surface area contributed by atoms with Crippen LogP contribution >= 0.6 is 0 Å². The van der Waals surface area contributed by atoms with Crippen LogP contribution in [0.5, 0.6) is 11.5 Å². The van der Waals surface area contributed by atoms with Crippen molar-refractivity contribution < 1.29 is 24.1 Å². The van der Waals surface area contributed by atoms with E-state index in [1.54, 1.807) is 62.8 Å². The number of hydrogen-bond acceptors (Lipinski definition) is 5. The number of carbonyl (C=O) groups excluding carboxylic acids is 1. The van der Waals surface area contributed by atoms with Gasteiger partial charge >= 0.3 is 6.09 Å². The van der Waals surface area contributed by atoms with Gasteiger partial charge in [-0.25, -0.2) is 4.79 Å².